The van der Waals surface area contributed by atoms with Crippen molar-refractivity contribution >= 4 is 33.5 Å². The number of hydrogen-bond acceptors (Lipinski definition) is 4. The fraction of sp³-hybridized carbons (Fsp3) is 0.0476. The Kier molecular flexibility index (Phi) is 3.89. The quantitative estimate of drug-likeness (QED) is 0.546. The Morgan fingerprint density at radius 2 is 1.65 bits per heavy atom. The number of carbonyl (C=O) groups is 2. The lowest BCUT2D eigenvalue weighted by molar-refractivity contribution is -0.139. The van der Waals surface area contributed by atoms with Crippen molar-refractivity contribution in [2.24, 2.45) is 0 Å². The second kappa shape index (κ2) is 6.37. The van der Waals surface area contributed by atoms with Gasteiger partial charge in [-0.15, -0.1) is 0 Å². The van der Waals surface area contributed by atoms with Crippen LogP contribution in [0.3, 0.4) is 0 Å². The van der Waals surface area contributed by atoms with E-state index < -0.39 is 12.6 Å². The van der Waals surface area contributed by atoms with Gasteiger partial charge in [0, 0.05) is 16.3 Å². The monoisotopic (exact) mass is 346 g/mol. The van der Waals surface area contributed by atoms with Crippen LogP contribution in [0.15, 0.2) is 71.1 Å². The first-order valence-corrected chi connectivity index (χ1v) is 8.03. The Morgan fingerprint density at radius 1 is 0.923 bits per heavy atom. The molecule has 0 saturated heterocycles. The minimum atomic E-state index is -1.06. The van der Waals surface area contributed by atoms with E-state index in [1.165, 1.54) is 0 Å². The lowest BCUT2D eigenvalue weighted by Gasteiger charge is -2.10. The van der Waals surface area contributed by atoms with E-state index in [0.717, 1.165) is 5.39 Å². The molecule has 0 aliphatic rings. The van der Waals surface area contributed by atoms with Crippen molar-refractivity contribution in [3.63, 3.8) is 0 Å². The Balaban J connectivity index is 1.80. The second-order valence-electron chi connectivity index (χ2n) is 5.82. The van der Waals surface area contributed by atoms with Gasteiger partial charge in [-0.3, -0.25) is 4.79 Å². The number of benzene rings is 3. The molecule has 1 aromatic heterocycles. The van der Waals surface area contributed by atoms with Crippen molar-refractivity contribution in [2.45, 2.75) is 0 Å². The molecule has 0 atom stereocenters. The number of aliphatic carboxylic acids is 1. The molecule has 1 heterocycles. The third kappa shape index (κ3) is 2.80. The Morgan fingerprint density at radius 3 is 2.42 bits per heavy atom. The zero-order valence-corrected chi connectivity index (χ0v) is 13.6. The first-order valence-electron chi connectivity index (χ1n) is 8.03. The van der Waals surface area contributed by atoms with Gasteiger partial charge in [-0.05, 0) is 29.7 Å². The number of ketones is 1. The minimum Gasteiger partial charge on any atom is -0.481 e. The largest absolute Gasteiger partial charge is 0.481 e. The van der Waals surface area contributed by atoms with Crippen LogP contribution in [0, 0.1) is 0 Å². The number of fused-ring (bicyclic) bond motifs is 2. The summed E-state index contributed by atoms with van der Waals surface area (Å²) in [5.74, 6) is -0.613. The van der Waals surface area contributed by atoms with Crippen LogP contribution in [0.25, 0.3) is 21.7 Å². The number of carbonyl (C=O) groups excluding carboxylic acids is 1. The van der Waals surface area contributed by atoms with Crippen LogP contribution in [0.1, 0.15) is 16.1 Å². The predicted octanol–water partition coefficient (Wildman–Crippen LogP) is 4.28. The summed E-state index contributed by atoms with van der Waals surface area (Å²) in [7, 11) is 0. The molecule has 0 aliphatic carbocycles. The van der Waals surface area contributed by atoms with E-state index in [1.807, 2.05) is 36.4 Å². The molecule has 3 aromatic carbocycles. The number of hydrogen-bond donors (Lipinski definition) is 1. The van der Waals surface area contributed by atoms with Crippen LogP contribution in [0.4, 0.5) is 0 Å². The maximum Gasteiger partial charge on any atom is 0.341 e. The average Bonchev–Trinajstić information content (AvgIpc) is 3.09. The summed E-state index contributed by atoms with van der Waals surface area (Å²) < 4.78 is 11.0. The van der Waals surface area contributed by atoms with E-state index in [2.05, 4.69) is 0 Å². The number of furan rings is 1. The highest BCUT2D eigenvalue weighted by Crippen LogP contribution is 2.31. The third-order valence-electron chi connectivity index (χ3n) is 4.13. The molecule has 0 amide bonds. The summed E-state index contributed by atoms with van der Waals surface area (Å²) >= 11 is 0. The fourth-order valence-corrected chi connectivity index (χ4v) is 2.96. The van der Waals surface area contributed by atoms with Crippen LogP contribution >= 0.6 is 0 Å². The molecular formula is C21H14O5. The molecule has 0 spiro atoms. The highest BCUT2D eigenvalue weighted by molar-refractivity contribution is 6.17. The van der Waals surface area contributed by atoms with Gasteiger partial charge in [0.25, 0.3) is 0 Å². The molecule has 4 rings (SSSR count). The van der Waals surface area contributed by atoms with Crippen molar-refractivity contribution < 1.29 is 23.8 Å². The number of carboxylic acids is 1. The van der Waals surface area contributed by atoms with Crippen molar-refractivity contribution in [3.8, 4) is 5.75 Å². The topological polar surface area (TPSA) is 76.7 Å². The van der Waals surface area contributed by atoms with Crippen molar-refractivity contribution in [1.82, 2.24) is 0 Å². The van der Waals surface area contributed by atoms with E-state index in [1.54, 1.807) is 30.3 Å². The summed E-state index contributed by atoms with van der Waals surface area (Å²) in [5, 5.41) is 11.0. The van der Waals surface area contributed by atoms with Gasteiger partial charge < -0.3 is 14.3 Å². The molecule has 26 heavy (non-hydrogen) atoms. The van der Waals surface area contributed by atoms with Gasteiger partial charge in [-0.25, -0.2) is 4.79 Å². The fourth-order valence-electron chi connectivity index (χ4n) is 2.96. The van der Waals surface area contributed by atoms with Gasteiger partial charge in [0.15, 0.2) is 12.4 Å². The van der Waals surface area contributed by atoms with E-state index in [0.29, 0.717) is 27.7 Å². The Hall–Kier alpha value is -3.60. The summed E-state index contributed by atoms with van der Waals surface area (Å²) in [6.07, 6.45) is 0. The standard InChI is InChI=1S/C21H14O5/c22-20(23)12-25-18-10-9-16(14-6-2-3-7-15(14)18)21(24)19-11-13-5-1-4-8-17(13)26-19/h1-11H,12H2,(H,22,23). The Bertz CT molecular complexity index is 1110. The summed E-state index contributed by atoms with van der Waals surface area (Å²) in [5.41, 5.74) is 1.13. The maximum atomic E-state index is 13.0. The van der Waals surface area contributed by atoms with Crippen molar-refractivity contribution in [3.05, 3.63) is 78.1 Å². The highest BCUT2D eigenvalue weighted by atomic mass is 16.5. The molecule has 5 nitrogen and oxygen atoms in total. The third-order valence-corrected chi connectivity index (χ3v) is 4.13. The van der Waals surface area contributed by atoms with Crippen molar-refractivity contribution in [1.29, 1.82) is 0 Å². The van der Waals surface area contributed by atoms with Crippen molar-refractivity contribution in [2.75, 3.05) is 6.61 Å². The lowest BCUT2D eigenvalue weighted by Crippen LogP contribution is -2.10. The second-order valence-corrected chi connectivity index (χ2v) is 5.82. The molecule has 0 unspecified atom stereocenters. The van der Waals surface area contributed by atoms with Gasteiger partial charge >= 0.3 is 5.97 Å². The molecule has 0 aliphatic heterocycles. The molecule has 128 valence electrons. The normalized spacial score (nSPS) is 10.9. The molecule has 1 N–H and O–H groups in total. The number of carboxylic acid groups (broad SMARTS) is 1. The minimum absolute atomic E-state index is 0.234. The summed E-state index contributed by atoms with van der Waals surface area (Å²) in [6, 6.07) is 19.6. The first kappa shape index (κ1) is 15.9. The smallest absolute Gasteiger partial charge is 0.341 e. The van der Waals surface area contributed by atoms with Crippen LogP contribution < -0.4 is 4.74 Å². The molecule has 0 radical (unpaired) electrons. The van der Waals surface area contributed by atoms with Gasteiger partial charge in [-0.1, -0.05) is 42.5 Å². The lowest BCUT2D eigenvalue weighted by atomic mass is 9.99. The predicted molar refractivity (Wildman–Crippen MR) is 96.7 cm³/mol. The van der Waals surface area contributed by atoms with Crippen LogP contribution in [-0.2, 0) is 4.79 Å². The van der Waals surface area contributed by atoms with Crippen LogP contribution in [0.5, 0.6) is 5.75 Å². The average molecular weight is 346 g/mol. The SMILES string of the molecule is O=C(O)COc1ccc(C(=O)c2cc3ccccc3o2)c2ccccc12. The Labute approximate surface area is 148 Å². The molecule has 0 saturated carbocycles. The molecule has 5 heteroatoms. The molecule has 4 aromatic rings. The maximum absolute atomic E-state index is 13.0. The first-order chi connectivity index (χ1) is 12.6. The summed E-state index contributed by atoms with van der Waals surface area (Å²) in [6.45, 7) is -0.444. The summed E-state index contributed by atoms with van der Waals surface area (Å²) in [4.78, 5) is 23.7. The number of ether oxygens (including phenoxy) is 1. The number of para-hydroxylation sites is 1. The van der Waals surface area contributed by atoms with Gasteiger partial charge in [0.1, 0.15) is 11.3 Å². The molecule has 0 bridgehead atoms. The highest BCUT2D eigenvalue weighted by Gasteiger charge is 2.18. The van der Waals surface area contributed by atoms with Gasteiger partial charge in [-0.2, -0.15) is 0 Å². The number of rotatable bonds is 5. The van der Waals surface area contributed by atoms with E-state index >= 15 is 0 Å². The van der Waals surface area contributed by atoms with Crippen LogP contribution in [0.2, 0.25) is 0 Å². The van der Waals surface area contributed by atoms with E-state index in [9.17, 15) is 9.59 Å². The molecule has 0 fully saturated rings. The zero-order valence-electron chi connectivity index (χ0n) is 13.6. The zero-order chi connectivity index (χ0) is 18.1. The van der Waals surface area contributed by atoms with Gasteiger partial charge in [0.2, 0.25) is 5.78 Å². The van der Waals surface area contributed by atoms with Crippen LogP contribution in [-0.4, -0.2) is 23.5 Å². The molecular weight excluding hydrogens is 332 g/mol. The van der Waals surface area contributed by atoms with E-state index in [-0.39, 0.29) is 11.5 Å². The van der Waals surface area contributed by atoms with Gasteiger partial charge in [0.05, 0.1) is 0 Å². The van der Waals surface area contributed by atoms with E-state index in [4.69, 9.17) is 14.3 Å².